The van der Waals surface area contributed by atoms with Crippen LogP contribution in [0.1, 0.15) is 29.2 Å². The van der Waals surface area contributed by atoms with Crippen LogP contribution in [0.5, 0.6) is 0 Å². The number of morpholine rings is 1. The van der Waals surface area contributed by atoms with E-state index < -0.39 is 46.9 Å². The molecule has 1 amide bonds. The first-order chi connectivity index (χ1) is 16.8. The summed E-state index contributed by atoms with van der Waals surface area (Å²) in [6, 6.07) is 9.28. The van der Waals surface area contributed by atoms with Crippen molar-refractivity contribution in [1.82, 2.24) is 10.2 Å². The van der Waals surface area contributed by atoms with Crippen molar-refractivity contribution in [2.75, 3.05) is 13.2 Å². The second kappa shape index (κ2) is 10.2. The van der Waals surface area contributed by atoms with E-state index in [2.05, 4.69) is 5.32 Å². The van der Waals surface area contributed by atoms with Crippen molar-refractivity contribution in [2.24, 2.45) is 0 Å². The van der Waals surface area contributed by atoms with E-state index in [9.17, 15) is 34.7 Å². The van der Waals surface area contributed by atoms with Gasteiger partial charge >= 0.3 is 11.9 Å². The molecule has 0 saturated carbocycles. The fraction of sp³-hybridized carbons (Fsp3) is 0.375. The molecular weight excluding hydrogens is 458 g/mol. The van der Waals surface area contributed by atoms with Crippen LogP contribution in [-0.2, 0) is 32.0 Å². The molecule has 2 aromatic rings. The molecule has 0 spiro atoms. The summed E-state index contributed by atoms with van der Waals surface area (Å²) >= 11 is 0. The molecular formula is C24H25N3O8. The molecule has 0 bridgehead atoms. The summed E-state index contributed by atoms with van der Waals surface area (Å²) in [5.74, 6) is -2.97. The number of carboxylic acid groups (broad SMARTS) is 2. The Balaban J connectivity index is 1.67. The predicted molar refractivity (Wildman–Crippen MR) is 122 cm³/mol. The van der Waals surface area contributed by atoms with Gasteiger partial charge in [-0.25, -0.2) is 4.79 Å². The lowest BCUT2D eigenvalue weighted by atomic mass is 9.95. The van der Waals surface area contributed by atoms with Crippen LogP contribution in [0.3, 0.4) is 0 Å². The minimum absolute atomic E-state index is 0.0211. The molecule has 35 heavy (non-hydrogen) atoms. The molecule has 0 unspecified atom stereocenters. The Kier molecular flexibility index (Phi) is 7.08. The lowest BCUT2D eigenvalue weighted by Gasteiger charge is -2.40. The minimum atomic E-state index is -1.30. The number of amides is 1. The van der Waals surface area contributed by atoms with Crippen molar-refractivity contribution in [1.29, 1.82) is 0 Å². The number of nitro groups is 1. The monoisotopic (exact) mass is 483 g/mol. The Hall–Kier alpha value is -3.83. The molecule has 0 aromatic heterocycles. The van der Waals surface area contributed by atoms with Gasteiger partial charge in [0.25, 0.3) is 5.69 Å². The Labute approximate surface area is 200 Å². The van der Waals surface area contributed by atoms with Crippen molar-refractivity contribution >= 4 is 23.5 Å². The number of ether oxygens (including phenoxy) is 1. The van der Waals surface area contributed by atoms with Crippen LogP contribution < -0.4 is 5.32 Å². The number of aryl methyl sites for hydroxylation is 1. The van der Waals surface area contributed by atoms with Gasteiger partial charge in [-0.2, -0.15) is 0 Å². The van der Waals surface area contributed by atoms with Crippen LogP contribution in [-0.4, -0.2) is 69.2 Å². The van der Waals surface area contributed by atoms with Gasteiger partial charge in [0, 0.05) is 12.1 Å². The molecule has 1 saturated heterocycles. The summed E-state index contributed by atoms with van der Waals surface area (Å²) in [4.78, 5) is 49.6. The Bertz CT molecular complexity index is 1140. The molecule has 0 radical (unpaired) electrons. The van der Waals surface area contributed by atoms with Crippen LogP contribution in [0.2, 0.25) is 0 Å². The summed E-state index contributed by atoms with van der Waals surface area (Å²) in [5, 5.41) is 33.9. The van der Waals surface area contributed by atoms with Crippen molar-refractivity contribution < 1.29 is 34.3 Å². The molecule has 2 aliphatic heterocycles. The Morgan fingerprint density at radius 3 is 2.57 bits per heavy atom. The number of nitrogens with zero attached hydrogens (tertiary/aromatic N) is 2. The fourth-order valence-corrected chi connectivity index (χ4v) is 4.69. The van der Waals surface area contributed by atoms with Crippen LogP contribution >= 0.6 is 0 Å². The smallest absolute Gasteiger partial charge is 0.328 e. The summed E-state index contributed by atoms with van der Waals surface area (Å²) in [7, 11) is 0. The second-order valence-corrected chi connectivity index (χ2v) is 8.63. The molecule has 11 heteroatoms. The first-order valence-corrected chi connectivity index (χ1v) is 11.2. The van der Waals surface area contributed by atoms with Crippen molar-refractivity contribution in [2.45, 2.75) is 43.4 Å². The molecule has 3 N–H and O–H groups in total. The molecule has 4 atom stereocenters. The standard InChI is InChI=1S/C24H25N3O8/c28-22-19(25-18(23(29)30)9-6-14-4-2-1-3-5-14)10-15-7-8-16(27(33)34)11-17(15)20-12-35-13-21(24(31)32)26(20)22/h1-5,7-8,11,18-21,25H,6,9-10,12-13H2,(H,29,30)(H,31,32)/t18-,19-,20+,21-/m0/s1. The number of nitrogens with one attached hydrogen (secondary N) is 1. The third kappa shape index (κ3) is 5.15. The molecule has 1 fully saturated rings. The molecule has 2 aliphatic rings. The summed E-state index contributed by atoms with van der Waals surface area (Å²) in [6.45, 7) is -0.252. The number of carbonyl (C=O) groups excluding carboxylic acids is 1. The van der Waals surface area contributed by atoms with Gasteiger partial charge in [0.05, 0.1) is 30.2 Å². The summed E-state index contributed by atoms with van der Waals surface area (Å²) < 4.78 is 5.46. The van der Waals surface area contributed by atoms with Crippen LogP contribution in [0, 0.1) is 10.1 Å². The van der Waals surface area contributed by atoms with E-state index in [0.29, 0.717) is 17.5 Å². The number of aliphatic carboxylic acids is 2. The van der Waals surface area contributed by atoms with Crippen molar-refractivity contribution in [3.05, 3.63) is 75.3 Å². The fourth-order valence-electron chi connectivity index (χ4n) is 4.69. The van der Waals surface area contributed by atoms with E-state index in [-0.39, 0.29) is 31.7 Å². The minimum Gasteiger partial charge on any atom is -0.480 e. The number of nitro benzene ring substituents is 1. The summed E-state index contributed by atoms with van der Waals surface area (Å²) in [5.41, 5.74) is 1.78. The van der Waals surface area contributed by atoms with Crippen molar-refractivity contribution in [3.8, 4) is 0 Å². The highest BCUT2D eigenvalue weighted by Crippen LogP contribution is 2.36. The maximum Gasteiger partial charge on any atom is 0.328 e. The number of carbonyl (C=O) groups is 3. The van der Waals surface area contributed by atoms with Gasteiger partial charge in [-0.1, -0.05) is 36.4 Å². The molecule has 184 valence electrons. The quantitative estimate of drug-likeness (QED) is 0.374. The lowest BCUT2D eigenvalue weighted by molar-refractivity contribution is -0.385. The SMILES string of the molecule is O=C(O)[C@H](CCc1ccccc1)N[C@H]1Cc2ccc([N+](=O)[O-])cc2[C@H]2COC[C@@H](C(=O)O)N2C1=O. The Morgan fingerprint density at radius 1 is 1.17 bits per heavy atom. The largest absolute Gasteiger partial charge is 0.480 e. The zero-order chi connectivity index (χ0) is 25.1. The van der Waals surface area contributed by atoms with E-state index in [0.717, 1.165) is 5.56 Å². The van der Waals surface area contributed by atoms with Gasteiger partial charge in [0.1, 0.15) is 6.04 Å². The maximum absolute atomic E-state index is 13.6. The molecule has 2 aromatic carbocycles. The maximum atomic E-state index is 13.6. The second-order valence-electron chi connectivity index (χ2n) is 8.63. The first-order valence-electron chi connectivity index (χ1n) is 11.2. The molecule has 0 aliphatic carbocycles. The number of rotatable bonds is 8. The molecule has 2 heterocycles. The number of hydrogen-bond acceptors (Lipinski definition) is 7. The van der Waals surface area contributed by atoms with Gasteiger partial charge in [0.15, 0.2) is 6.04 Å². The summed E-state index contributed by atoms with van der Waals surface area (Å²) in [6.07, 6.45) is 0.734. The Morgan fingerprint density at radius 2 is 1.91 bits per heavy atom. The highest BCUT2D eigenvalue weighted by molar-refractivity contribution is 5.89. The van der Waals surface area contributed by atoms with Gasteiger partial charge in [-0.05, 0) is 36.0 Å². The van der Waals surface area contributed by atoms with E-state index in [1.807, 2.05) is 30.3 Å². The predicted octanol–water partition coefficient (Wildman–Crippen LogP) is 1.55. The highest BCUT2D eigenvalue weighted by Gasteiger charge is 2.46. The molecule has 4 rings (SSSR count). The van der Waals surface area contributed by atoms with Gasteiger partial charge in [-0.15, -0.1) is 0 Å². The first kappa shape index (κ1) is 24.3. The van der Waals surface area contributed by atoms with E-state index in [1.54, 1.807) is 0 Å². The topological polar surface area (TPSA) is 159 Å². The average molecular weight is 483 g/mol. The van der Waals surface area contributed by atoms with Gasteiger partial charge in [-0.3, -0.25) is 25.0 Å². The lowest BCUT2D eigenvalue weighted by Crippen LogP contribution is -2.59. The number of hydrogen-bond donors (Lipinski definition) is 3. The normalized spacial score (nSPS) is 22.5. The van der Waals surface area contributed by atoms with Crippen LogP contribution in [0.25, 0.3) is 0 Å². The average Bonchev–Trinajstić information content (AvgIpc) is 2.96. The van der Waals surface area contributed by atoms with E-state index in [4.69, 9.17) is 4.74 Å². The van der Waals surface area contributed by atoms with Crippen LogP contribution in [0.15, 0.2) is 48.5 Å². The molecule has 11 nitrogen and oxygen atoms in total. The number of benzene rings is 2. The number of carboxylic acids is 2. The number of fused-ring (bicyclic) bond motifs is 3. The van der Waals surface area contributed by atoms with Gasteiger partial charge < -0.3 is 19.8 Å². The van der Waals surface area contributed by atoms with E-state index >= 15 is 0 Å². The van der Waals surface area contributed by atoms with Gasteiger partial charge in [0.2, 0.25) is 5.91 Å². The third-order valence-electron chi connectivity index (χ3n) is 6.45. The van der Waals surface area contributed by atoms with Crippen LogP contribution in [0.4, 0.5) is 5.69 Å². The highest BCUT2D eigenvalue weighted by atomic mass is 16.6. The zero-order valence-corrected chi connectivity index (χ0v) is 18.7. The third-order valence-corrected chi connectivity index (χ3v) is 6.45. The van der Waals surface area contributed by atoms with E-state index in [1.165, 1.54) is 23.1 Å². The van der Waals surface area contributed by atoms with Crippen molar-refractivity contribution in [3.63, 3.8) is 0 Å². The zero-order valence-electron chi connectivity index (χ0n) is 18.7. The number of non-ortho nitro benzene ring substituents is 1.